The molecule has 1 aliphatic heterocycles. The summed E-state index contributed by atoms with van der Waals surface area (Å²) in [6.45, 7) is 10.1. The van der Waals surface area contributed by atoms with Gasteiger partial charge in [-0.2, -0.15) is 0 Å². The van der Waals surface area contributed by atoms with Gasteiger partial charge in [-0.3, -0.25) is 9.59 Å². The lowest BCUT2D eigenvalue weighted by molar-refractivity contribution is 0.0687. The predicted octanol–water partition coefficient (Wildman–Crippen LogP) is 1.45. The van der Waals surface area contributed by atoms with E-state index in [-0.39, 0.29) is 22.4 Å². The molecule has 2 rings (SSSR count). The zero-order valence-corrected chi connectivity index (χ0v) is 14.8. The molecule has 1 aromatic heterocycles. The molecule has 6 nitrogen and oxygen atoms in total. The Morgan fingerprint density at radius 2 is 1.96 bits per heavy atom. The van der Waals surface area contributed by atoms with Gasteiger partial charge in [0.05, 0.1) is 5.69 Å². The van der Waals surface area contributed by atoms with Crippen molar-refractivity contribution >= 4 is 5.91 Å². The van der Waals surface area contributed by atoms with E-state index in [1.807, 2.05) is 27.8 Å². The van der Waals surface area contributed by atoms with Crippen LogP contribution in [0.15, 0.2) is 4.79 Å². The molecule has 0 bridgehead atoms. The van der Waals surface area contributed by atoms with Gasteiger partial charge in [0, 0.05) is 18.5 Å². The van der Waals surface area contributed by atoms with E-state index >= 15 is 0 Å². The Balaban J connectivity index is 2.19. The highest BCUT2D eigenvalue weighted by Crippen LogP contribution is 2.20. The molecule has 0 atom stereocenters. The first-order valence-corrected chi connectivity index (χ1v) is 8.29. The van der Waals surface area contributed by atoms with E-state index in [4.69, 9.17) is 0 Å². The van der Waals surface area contributed by atoms with Crippen molar-refractivity contribution < 1.29 is 4.79 Å². The molecule has 6 heteroatoms. The molecule has 128 valence electrons. The maximum absolute atomic E-state index is 12.7. The second-order valence-corrected chi connectivity index (χ2v) is 7.42. The van der Waals surface area contributed by atoms with Gasteiger partial charge >= 0.3 is 0 Å². The first-order chi connectivity index (χ1) is 10.7. The fourth-order valence-corrected chi connectivity index (χ4v) is 2.98. The van der Waals surface area contributed by atoms with Crippen LogP contribution in [-0.4, -0.2) is 47.5 Å². The number of aromatic amines is 1. The first-order valence-electron chi connectivity index (χ1n) is 8.29. The van der Waals surface area contributed by atoms with Crippen LogP contribution in [0.25, 0.3) is 0 Å². The number of amides is 1. The van der Waals surface area contributed by atoms with Crippen molar-refractivity contribution in [2.24, 2.45) is 5.92 Å². The summed E-state index contributed by atoms with van der Waals surface area (Å²) in [6, 6.07) is 0. The molecule has 1 aromatic rings. The minimum Gasteiger partial charge on any atom is -0.338 e. The van der Waals surface area contributed by atoms with E-state index in [1.54, 1.807) is 11.8 Å². The van der Waals surface area contributed by atoms with Gasteiger partial charge < -0.3 is 15.2 Å². The van der Waals surface area contributed by atoms with Crippen LogP contribution in [0.5, 0.6) is 0 Å². The molecule has 2 heterocycles. The standard InChI is InChI=1S/C17H28N4O2/c1-11-13(14(22)20-16(19-11)17(2,3)4)15(23)21-8-6-12(7-9-21)10-18-5/h12,18H,6-10H2,1-5H3,(H,19,20,22). The summed E-state index contributed by atoms with van der Waals surface area (Å²) in [4.78, 5) is 34.1. The second kappa shape index (κ2) is 6.83. The molecule has 0 aromatic carbocycles. The van der Waals surface area contributed by atoms with Crippen LogP contribution in [-0.2, 0) is 5.41 Å². The van der Waals surface area contributed by atoms with Gasteiger partial charge in [-0.15, -0.1) is 0 Å². The van der Waals surface area contributed by atoms with Gasteiger partial charge in [-0.25, -0.2) is 4.98 Å². The third-order valence-corrected chi connectivity index (χ3v) is 4.42. The lowest BCUT2D eigenvalue weighted by Gasteiger charge is -2.32. The summed E-state index contributed by atoms with van der Waals surface area (Å²) >= 11 is 0. The fraction of sp³-hybridized carbons (Fsp3) is 0.706. The molecule has 1 saturated heterocycles. The molecule has 0 radical (unpaired) electrons. The van der Waals surface area contributed by atoms with E-state index in [2.05, 4.69) is 15.3 Å². The lowest BCUT2D eigenvalue weighted by Crippen LogP contribution is -2.43. The number of nitrogens with one attached hydrogen (secondary N) is 2. The van der Waals surface area contributed by atoms with E-state index in [9.17, 15) is 9.59 Å². The monoisotopic (exact) mass is 320 g/mol. The number of nitrogens with zero attached hydrogens (tertiary/aromatic N) is 2. The molecule has 1 aliphatic rings. The van der Waals surface area contributed by atoms with Crippen LogP contribution in [0.4, 0.5) is 0 Å². The number of hydrogen-bond acceptors (Lipinski definition) is 4. The Labute approximate surface area is 137 Å². The van der Waals surface area contributed by atoms with E-state index in [0.29, 0.717) is 30.5 Å². The minimum atomic E-state index is -0.329. The zero-order chi connectivity index (χ0) is 17.2. The zero-order valence-electron chi connectivity index (χ0n) is 14.8. The summed E-state index contributed by atoms with van der Waals surface area (Å²) in [5, 5.41) is 3.18. The number of piperidine rings is 1. The van der Waals surface area contributed by atoms with Crippen LogP contribution in [0.2, 0.25) is 0 Å². The highest BCUT2D eigenvalue weighted by Gasteiger charge is 2.28. The number of hydrogen-bond donors (Lipinski definition) is 2. The van der Waals surface area contributed by atoms with Gasteiger partial charge in [0.2, 0.25) is 0 Å². The highest BCUT2D eigenvalue weighted by atomic mass is 16.2. The van der Waals surface area contributed by atoms with Crippen LogP contribution in [0.3, 0.4) is 0 Å². The third kappa shape index (κ3) is 3.99. The van der Waals surface area contributed by atoms with E-state index < -0.39 is 0 Å². The molecule has 1 amide bonds. The number of likely N-dealkylation sites (tertiary alicyclic amines) is 1. The largest absolute Gasteiger partial charge is 0.338 e. The van der Waals surface area contributed by atoms with Gasteiger partial charge in [0.1, 0.15) is 11.4 Å². The number of aryl methyl sites for hydroxylation is 1. The van der Waals surface area contributed by atoms with Gasteiger partial charge in [0.25, 0.3) is 11.5 Å². The third-order valence-electron chi connectivity index (χ3n) is 4.42. The van der Waals surface area contributed by atoms with E-state index in [1.165, 1.54) is 0 Å². The van der Waals surface area contributed by atoms with Gasteiger partial charge in [-0.1, -0.05) is 20.8 Å². The van der Waals surface area contributed by atoms with Crippen LogP contribution < -0.4 is 10.9 Å². The molecule has 23 heavy (non-hydrogen) atoms. The van der Waals surface area contributed by atoms with Crippen molar-refractivity contribution in [3.63, 3.8) is 0 Å². The topological polar surface area (TPSA) is 78.1 Å². The van der Waals surface area contributed by atoms with Crippen LogP contribution in [0, 0.1) is 12.8 Å². The Hall–Kier alpha value is -1.69. The van der Waals surface area contributed by atoms with Gasteiger partial charge in [0.15, 0.2) is 0 Å². The number of H-pyrrole nitrogens is 1. The van der Waals surface area contributed by atoms with Crippen molar-refractivity contribution in [3.05, 3.63) is 27.4 Å². The number of rotatable bonds is 3. The average molecular weight is 320 g/mol. The lowest BCUT2D eigenvalue weighted by atomic mass is 9.95. The number of carbonyl (C=O) groups excluding carboxylic acids is 1. The first kappa shape index (κ1) is 17.7. The normalized spacial score (nSPS) is 16.7. The maximum Gasteiger partial charge on any atom is 0.264 e. The fourth-order valence-electron chi connectivity index (χ4n) is 2.98. The van der Waals surface area contributed by atoms with Crippen LogP contribution in [0.1, 0.15) is 55.5 Å². The van der Waals surface area contributed by atoms with Crippen molar-refractivity contribution in [3.8, 4) is 0 Å². The minimum absolute atomic E-state index is 0.185. The second-order valence-electron chi connectivity index (χ2n) is 7.42. The molecule has 2 N–H and O–H groups in total. The summed E-state index contributed by atoms with van der Waals surface area (Å²) in [6.07, 6.45) is 1.94. The molecule has 0 unspecified atom stereocenters. The smallest absolute Gasteiger partial charge is 0.264 e. The SMILES string of the molecule is CNCC1CCN(C(=O)c2c(C)nc(C(C)(C)C)[nH]c2=O)CC1. The average Bonchev–Trinajstić information content (AvgIpc) is 2.46. The summed E-state index contributed by atoms with van der Waals surface area (Å²) in [5.74, 6) is 1.02. The highest BCUT2D eigenvalue weighted by molar-refractivity contribution is 5.94. The molecule has 0 saturated carbocycles. The van der Waals surface area contributed by atoms with Crippen molar-refractivity contribution in [2.45, 2.75) is 46.0 Å². The van der Waals surface area contributed by atoms with Crippen molar-refractivity contribution in [2.75, 3.05) is 26.7 Å². The van der Waals surface area contributed by atoms with Crippen LogP contribution >= 0.6 is 0 Å². The molecule has 1 fully saturated rings. The summed E-state index contributed by atoms with van der Waals surface area (Å²) in [5.41, 5.74) is 0.118. The summed E-state index contributed by atoms with van der Waals surface area (Å²) < 4.78 is 0. The molecule has 0 spiro atoms. The maximum atomic E-state index is 12.7. The van der Waals surface area contributed by atoms with Gasteiger partial charge in [-0.05, 0) is 39.3 Å². The summed E-state index contributed by atoms with van der Waals surface area (Å²) in [7, 11) is 1.95. The molecule has 0 aliphatic carbocycles. The Bertz CT molecular complexity index is 622. The predicted molar refractivity (Wildman–Crippen MR) is 90.8 cm³/mol. The molecular weight excluding hydrogens is 292 g/mol. The molecular formula is C17H28N4O2. The number of carbonyl (C=O) groups is 1. The Kier molecular flexibility index (Phi) is 5.24. The van der Waals surface area contributed by atoms with Crippen molar-refractivity contribution in [1.82, 2.24) is 20.2 Å². The number of aromatic nitrogens is 2. The van der Waals surface area contributed by atoms with E-state index in [0.717, 1.165) is 19.4 Å². The van der Waals surface area contributed by atoms with Crippen molar-refractivity contribution in [1.29, 1.82) is 0 Å². The quantitative estimate of drug-likeness (QED) is 0.883. The Morgan fingerprint density at radius 1 is 1.35 bits per heavy atom. The Morgan fingerprint density at radius 3 is 2.43 bits per heavy atom.